The first-order valence-corrected chi connectivity index (χ1v) is 8.64. The van der Waals surface area contributed by atoms with E-state index in [0.29, 0.717) is 18.5 Å². The summed E-state index contributed by atoms with van der Waals surface area (Å²) in [4.78, 5) is 24.4. The Morgan fingerprint density at radius 2 is 1.82 bits per heavy atom. The summed E-state index contributed by atoms with van der Waals surface area (Å²) in [7, 11) is 0. The van der Waals surface area contributed by atoms with Crippen molar-refractivity contribution < 1.29 is 19.1 Å². The predicted octanol–water partition coefficient (Wildman–Crippen LogP) is 4.35. The van der Waals surface area contributed by atoms with E-state index in [-0.39, 0.29) is 17.0 Å². The summed E-state index contributed by atoms with van der Waals surface area (Å²) in [6, 6.07) is 5.09. The van der Waals surface area contributed by atoms with Crippen LogP contribution in [-0.2, 0) is 14.8 Å². The number of unbranched alkanes of at least 4 members (excludes halogenated alkanes) is 1. The Kier molecular flexibility index (Phi) is 8.17. The van der Waals surface area contributed by atoms with Crippen molar-refractivity contribution in [3.05, 3.63) is 34.9 Å². The van der Waals surface area contributed by atoms with E-state index in [4.69, 9.17) is 9.47 Å². The van der Waals surface area contributed by atoms with Crippen LogP contribution in [0.25, 0.3) is 0 Å². The summed E-state index contributed by atoms with van der Waals surface area (Å²) in [5, 5.41) is 0.601. The van der Waals surface area contributed by atoms with E-state index < -0.39 is 11.9 Å². The minimum Gasteiger partial charge on any atom is -0.462 e. The van der Waals surface area contributed by atoms with Crippen LogP contribution in [0, 0.1) is 5.92 Å². The van der Waals surface area contributed by atoms with Crippen LogP contribution in [0.1, 0.15) is 59.9 Å². The van der Waals surface area contributed by atoms with E-state index in [1.54, 1.807) is 18.2 Å². The first kappa shape index (κ1) is 18.7. The Morgan fingerprint density at radius 3 is 2.41 bits per heavy atom. The molecule has 0 aliphatic carbocycles. The summed E-state index contributed by atoms with van der Waals surface area (Å²) in [6.07, 6.45) is 1.75. The fourth-order valence-electron chi connectivity index (χ4n) is 1.73. The van der Waals surface area contributed by atoms with Crippen molar-refractivity contribution in [1.29, 1.82) is 0 Å². The topological polar surface area (TPSA) is 52.6 Å². The van der Waals surface area contributed by atoms with Gasteiger partial charge in [-0.1, -0.05) is 49.2 Å². The lowest BCUT2D eigenvalue weighted by molar-refractivity contribution is 0.0428. The quantitative estimate of drug-likeness (QED) is 0.387. The zero-order valence-corrected chi connectivity index (χ0v) is 14.9. The number of carbonyl (C=O) groups is 2. The highest BCUT2D eigenvalue weighted by molar-refractivity contribution is 9.08. The maximum absolute atomic E-state index is 12.2. The van der Waals surface area contributed by atoms with Crippen LogP contribution >= 0.6 is 15.9 Å². The van der Waals surface area contributed by atoms with E-state index in [0.717, 1.165) is 18.4 Å². The predicted molar refractivity (Wildman–Crippen MR) is 89.4 cm³/mol. The minimum absolute atomic E-state index is 0.241. The second kappa shape index (κ2) is 9.62. The molecule has 0 aliphatic rings. The van der Waals surface area contributed by atoms with Crippen molar-refractivity contribution in [3.63, 3.8) is 0 Å². The first-order chi connectivity index (χ1) is 10.5. The van der Waals surface area contributed by atoms with Gasteiger partial charge in [0.05, 0.1) is 24.3 Å². The van der Waals surface area contributed by atoms with Crippen LogP contribution < -0.4 is 0 Å². The van der Waals surface area contributed by atoms with E-state index in [1.807, 2.05) is 20.8 Å². The number of ether oxygens (including phenoxy) is 2. The molecule has 0 aromatic heterocycles. The van der Waals surface area contributed by atoms with Gasteiger partial charge >= 0.3 is 11.9 Å². The van der Waals surface area contributed by atoms with Crippen molar-refractivity contribution in [2.45, 2.75) is 38.9 Å². The number of hydrogen-bond donors (Lipinski definition) is 0. The lowest BCUT2D eigenvalue weighted by Crippen LogP contribution is -2.16. The maximum Gasteiger partial charge on any atom is 0.339 e. The Labute approximate surface area is 140 Å². The molecule has 0 radical (unpaired) electrons. The van der Waals surface area contributed by atoms with Gasteiger partial charge in [0, 0.05) is 5.33 Å². The Morgan fingerprint density at radius 1 is 1.14 bits per heavy atom. The molecule has 0 saturated heterocycles. The van der Waals surface area contributed by atoms with Crippen LogP contribution in [0.3, 0.4) is 0 Å². The van der Waals surface area contributed by atoms with Crippen molar-refractivity contribution in [1.82, 2.24) is 0 Å². The fourth-order valence-corrected chi connectivity index (χ4v) is 2.08. The van der Waals surface area contributed by atoms with Crippen molar-refractivity contribution >= 4 is 27.9 Å². The van der Waals surface area contributed by atoms with Crippen LogP contribution in [0.5, 0.6) is 0 Å². The van der Waals surface area contributed by atoms with Gasteiger partial charge in [-0.25, -0.2) is 9.59 Å². The van der Waals surface area contributed by atoms with Gasteiger partial charge in [0.15, 0.2) is 0 Å². The summed E-state index contributed by atoms with van der Waals surface area (Å²) >= 11 is 3.35. The van der Waals surface area contributed by atoms with Gasteiger partial charge in [0.25, 0.3) is 0 Å². The highest BCUT2D eigenvalue weighted by atomic mass is 79.9. The molecule has 5 heteroatoms. The number of alkyl halides is 1. The molecular weight excluding hydrogens is 348 g/mol. The van der Waals surface area contributed by atoms with Crippen LogP contribution in [0.4, 0.5) is 0 Å². The van der Waals surface area contributed by atoms with Crippen LogP contribution in [-0.4, -0.2) is 25.2 Å². The molecule has 22 heavy (non-hydrogen) atoms. The van der Waals surface area contributed by atoms with Gasteiger partial charge in [0.2, 0.25) is 0 Å². The number of halogens is 1. The number of esters is 2. The van der Waals surface area contributed by atoms with Crippen molar-refractivity contribution in [2.75, 3.05) is 13.2 Å². The van der Waals surface area contributed by atoms with Gasteiger partial charge in [-0.05, 0) is 30.0 Å². The monoisotopic (exact) mass is 370 g/mol. The van der Waals surface area contributed by atoms with Gasteiger partial charge in [-0.2, -0.15) is 0 Å². The smallest absolute Gasteiger partial charge is 0.339 e. The lowest BCUT2D eigenvalue weighted by Gasteiger charge is -2.12. The molecule has 0 spiro atoms. The number of carbonyl (C=O) groups excluding carboxylic acids is 2. The van der Waals surface area contributed by atoms with Crippen LogP contribution in [0.2, 0.25) is 0 Å². The maximum atomic E-state index is 12.2. The SMILES string of the molecule is CCCCOC(=O)c1cc(CBr)ccc1C(=O)OCC(C)C. The number of rotatable bonds is 8. The van der Waals surface area contributed by atoms with E-state index >= 15 is 0 Å². The summed E-state index contributed by atoms with van der Waals surface area (Å²) in [5.41, 5.74) is 1.43. The second-order valence-corrected chi connectivity index (χ2v) is 6.06. The largest absolute Gasteiger partial charge is 0.462 e. The van der Waals surface area contributed by atoms with Gasteiger partial charge < -0.3 is 9.47 Å². The molecule has 0 fully saturated rings. The molecule has 0 amide bonds. The second-order valence-electron chi connectivity index (χ2n) is 5.50. The molecule has 0 saturated carbocycles. The van der Waals surface area contributed by atoms with E-state index in [2.05, 4.69) is 15.9 Å². The third kappa shape index (κ3) is 5.79. The normalized spacial score (nSPS) is 10.6. The molecular formula is C17H23BrO4. The molecule has 0 bridgehead atoms. The van der Waals surface area contributed by atoms with Crippen LogP contribution in [0.15, 0.2) is 18.2 Å². The lowest BCUT2D eigenvalue weighted by atomic mass is 10.0. The average Bonchev–Trinajstić information content (AvgIpc) is 2.52. The molecule has 0 unspecified atom stereocenters. The fraction of sp³-hybridized carbons (Fsp3) is 0.529. The standard InChI is InChI=1S/C17H23BrO4/c1-4-5-8-21-17(20)15-9-13(10-18)6-7-14(15)16(19)22-11-12(2)3/h6-7,9,12H,4-5,8,10-11H2,1-3H3. The third-order valence-corrected chi connectivity index (χ3v) is 3.60. The minimum atomic E-state index is -0.489. The zero-order valence-electron chi connectivity index (χ0n) is 13.4. The van der Waals surface area contributed by atoms with Gasteiger partial charge in [0.1, 0.15) is 0 Å². The molecule has 0 N–H and O–H groups in total. The van der Waals surface area contributed by atoms with Gasteiger partial charge in [-0.3, -0.25) is 0 Å². The molecule has 0 atom stereocenters. The third-order valence-electron chi connectivity index (χ3n) is 2.96. The molecule has 4 nitrogen and oxygen atoms in total. The highest BCUT2D eigenvalue weighted by Crippen LogP contribution is 2.17. The summed E-state index contributed by atoms with van der Waals surface area (Å²) in [6.45, 7) is 6.62. The Hall–Kier alpha value is -1.36. The molecule has 1 aromatic carbocycles. The molecule has 0 aliphatic heterocycles. The molecule has 122 valence electrons. The van der Waals surface area contributed by atoms with Crippen molar-refractivity contribution in [3.8, 4) is 0 Å². The van der Waals surface area contributed by atoms with Gasteiger partial charge in [-0.15, -0.1) is 0 Å². The summed E-state index contributed by atoms with van der Waals surface area (Å²) < 4.78 is 10.4. The number of hydrogen-bond acceptors (Lipinski definition) is 4. The molecule has 1 aromatic rings. The first-order valence-electron chi connectivity index (χ1n) is 7.52. The van der Waals surface area contributed by atoms with Crippen molar-refractivity contribution in [2.24, 2.45) is 5.92 Å². The molecule has 1 rings (SSSR count). The van der Waals surface area contributed by atoms with E-state index in [1.165, 1.54) is 0 Å². The highest BCUT2D eigenvalue weighted by Gasteiger charge is 2.20. The Bertz CT molecular complexity index is 511. The number of benzene rings is 1. The zero-order chi connectivity index (χ0) is 16.5. The van der Waals surface area contributed by atoms with E-state index in [9.17, 15) is 9.59 Å². The molecule has 0 heterocycles. The summed E-state index contributed by atoms with van der Waals surface area (Å²) in [5.74, 6) is -0.726. The Balaban J connectivity index is 2.95. The average molecular weight is 371 g/mol.